The highest BCUT2D eigenvalue weighted by Crippen LogP contribution is 2.30. The molecule has 2 N–H and O–H groups in total. The second kappa shape index (κ2) is 4.17. The van der Waals surface area contributed by atoms with Crippen molar-refractivity contribution in [3.63, 3.8) is 0 Å². The first kappa shape index (κ1) is 11.0. The number of hydrogen-bond acceptors (Lipinski definition) is 5. The van der Waals surface area contributed by atoms with Crippen LogP contribution in [0.2, 0.25) is 0 Å². The van der Waals surface area contributed by atoms with Crippen LogP contribution in [0, 0.1) is 17.0 Å². The van der Waals surface area contributed by atoms with E-state index in [1.54, 1.807) is 31.2 Å². The van der Waals surface area contributed by atoms with Crippen molar-refractivity contribution in [2.24, 2.45) is 0 Å². The van der Waals surface area contributed by atoms with Gasteiger partial charge in [0.05, 0.1) is 4.92 Å². The number of hydrogen-bond donors (Lipinski definition) is 1. The second-order valence-corrected chi connectivity index (χ2v) is 3.49. The molecule has 17 heavy (non-hydrogen) atoms. The first-order valence-electron chi connectivity index (χ1n) is 4.93. The summed E-state index contributed by atoms with van der Waals surface area (Å²) in [5.74, 6) is 0.0342. The minimum atomic E-state index is -0.489. The van der Waals surface area contributed by atoms with Gasteiger partial charge in [0, 0.05) is 5.56 Å². The highest BCUT2D eigenvalue weighted by Gasteiger charge is 2.22. The average Bonchev–Trinajstić information content (AvgIpc) is 2.28. The Morgan fingerprint density at radius 1 is 1.24 bits per heavy atom. The number of benzene rings is 1. The maximum absolute atomic E-state index is 11.0. The lowest BCUT2D eigenvalue weighted by molar-refractivity contribution is -0.385. The third-order valence-electron chi connectivity index (χ3n) is 2.31. The highest BCUT2D eigenvalue weighted by molar-refractivity contribution is 5.71. The van der Waals surface area contributed by atoms with E-state index in [4.69, 9.17) is 5.73 Å². The molecule has 0 aliphatic carbocycles. The van der Waals surface area contributed by atoms with Crippen LogP contribution in [0.4, 0.5) is 11.6 Å². The van der Waals surface area contributed by atoms with Gasteiger partial charge in [-0.3, -0.25) is 10.1 Å². The summed E-state index contributed by atoms with van der Waals surface area (Å²) in [4.78, 5) is 18.3. The van der Waals surface area contributed by atoms with Crippen LogP contribution >= 0.6 is 0 Å². The number of aryl methyl sites for hydroxylation is 1. The van der Waals surface area contributed by atoms with E-state index in [-0.39, 0.29) is 23.0 Å². The molecule has 86 valence electrons. The van der Waals surface area contributed by atoms with Crippen LogP contribution in [0.15, 0.2) is 30.3 Å². The summed E-state index contributed by atoms with van der Waals surface area (Å²) < 4.78 is 0. The number of rotatable bonds is 2. The third-order valence-corrected chi connectivity index (χ3v) is 2.31. The summed E-state index contributed by atoms with van der Waals surface area (Å²) >= 11 is 0. The van der Waals surface area contributed by atoms with Crippen molar-refractivity contribution in [2.45, 2.75) is 6.92 Å². The van der Waals surface area contributed by atoms with Gasteiger partial charge in [-0.05, 0) is 6.92 Å². The van der Waals surface area contributed by atoms with Crippen molar-refractivity contribution in [1.29, 1.82) is 0 Å². The quantitative estimate of drug-likeness (QED) is 0.628. The average molecular weight is 230 g/mol. The minimum Gasteiger partial charge on any atom is -0.368 e. The molecular formula is C11H10N4O2. The highest BCUT2D eigenvalue weighted by atomic mass is 16.6. The Bertz CT molecular complexity index is 569. The van der Waals surface area contributed by atoms with Gasteiger partial charge in [-0.1, -0.05) is 30.3 Å². The minimum absolute atomic E-state index is 0.0342. The zero-order valence-corrected chi connectivity index (χ0v) is 9.12. The lowest BCUT2D eigenvalue weighted by Crippen LogP contribution is -2.04. The Hall–Kier alpha value is -2.50. The van der Waals surface area contributed by atoms with E-state index in [0.717, 1.165) is 0 Å². The van der Waals surface area contributed by atoms with E-state index in [0.29, 0.717) is 5.56 Å². The molecule has 0 unspecified atom stereocenters. The molecule has 1 aromatic heterocycles. The van der Waals surface area contributed by atoms with Crippen molar-refractivity contribution < 1.29 is 4.92 Å². The van der Waals surface area contributed by atoms with Gasteiger partial charge >= 0.3 is 5.69 Å². The first-order chi connectivity index (χ1) is 8.09. The molecule has 0 spiro atoms. The molecule has 6 heteroatoms. The molecule has 0 bridgehead atoms. The Balaban J connectivity index is 2.72. The van der Waals surface area contributed by atoms with E-state index in [2.05, 4.69) is 9.97 Å². The van der Waals surface area contributed by atoms with Gasteiger partial charge in [-0.2, -0.15) is 0 Å². The van der Waals surface area contributed by atoms with E-state index in [1.807, 2.05) is 6.07 Å². The van der Waals surface area contributed by atoms with Crippen LogP contribution in [0.5, 0.6) is 0 Å². The fourth-order valence-electron chi connectivity index (χ4n) is 1.60. The molecular weight excluding hydrogens is 220 g/mol. The molecule has 2 rings (SSSR count). The van der Waals surface area contributed by atoms with Gasteiger partial charge in [-0.15, -0.1) is 0 Å². The van der Waals surface area contributed by atoms with E-state index >= 15 is 0 Å². The molecule has 0 saturated carbocycles. The van der Waals surface area contributed by atoms with Crippen LogP contribution in [-0.4, -0.2) is 14.9 Å². The molecule has 0 atom stereocenters. The molecule has 0 fully saturated rings. The van der Waals surface area contributed by atoms with Gasteiger partial charge < -0.3 is 5.73 Å². The fourth-order valence-corrected chi connectivity index (χ4v) is 1.60. The van der Waals surface area contributed by atoms with E-state index < -0.39 is 4.92 Å². The molecule has 0 aliphatic heterocycles. The molecule has 0 saturated heterocycles. The molecule has 2 aromatic rings. The van der Waals surface area contributed by atoms with E-state index in [1.165, 1.54) is 0 Å². The molecule has 6 nitrogen and oxygen atoms in total. The summed E-state index contributed by atoms with van der Waals surface area (Å²) in [5.41, 5.74) is 6.58. The van der Waals surface area contributed by atoms with Crippen molar-refractivity contribution >= 4 is 11.6 Å². The van der Waals surface area contributed by atoms with Crippen molar-refractivity contribution in [3.8, 4) is 11.3 Å². The predicted octanol–water partition coefficient (Wildman–Crippen LogP) is 1.94. The second-order valence-electron chi connectivity index (χ2n) is 3.49. The third kappa shape index (κ3) is 2.05. The maximum Gasteiger partial charge on any atom is 0.316 e. The standard InChI is InChI=1S/C11H10N4O2/c1-7-10(15(16)17)9(14-11(12)13-7)8-5-3-2-4-6-8/h2-6H,1H3,(H2,12,13,14). The number of anilines is 1. The number of aromatic nitrogens is 2. The summed E-state index contributed by atoms with van der Waals surface area (Å²) in [6, 6.07) is 8.88. The fraction of sp³-hybridized carbons (Fsp3) is 0.0909. The molecule has 0 radical (unpaired) electrons. The normalized spacial score (nSPS) is 10.2. The van der Waals surface area contributed by atoms with Gasteiger partial charge in [0.25, 0.3) is 0 Å². The van der Waals surface area contributed by atoms with Crippen molar-refractivity contribution in [2.75, 3.05) is 5.73 Å². The van der Waals surface area contributed by atoms with Crippen LogP contribution < -0.4 is 5.73 Å². The summed E-state index contributed by atoms with van der Waals surface area (Å²) in [6.45, 7) is 1.54. The molecule has 1 heterocycles. The van der Waals surface area contributed by atoms with Crippen molar-refractivity contribution in [3.05, 3.63) is 46.1 Å². The van der Waals surface area contributed by atoms with Gasteiger partial charge in [0.1, 0.15) is 5.69 Å². The molecule has 1 aromatic carbocycles. The van der Waals surface area contributed by atoms with Crippen LogP contribution in [-0.2, 0) is 0 Å². The Morgan fingerprint density at radius 3 is 2.47 bits per heavy atom. The Morgan fingerprint density at radius 2 is 1.88 bits per heavy atom. The van der Waals surface area contributed by atoms with E-state index in [9.17, 15) is 10.1 Å². The number of nitrogens with zero attached hydrogens (tertiary/aromatic N) is 3. The number of nitrogens with two attached hydrogens (primary N) is 1. The molecule has 0 amide bonds. The van der Waals surface area contributed by atoms with Gasteiger partial charge in [-0.25, -0.2) is 9.97 Å². The SMILES string of the molecule is Cc1nc(N)nc(-c2ccccc2)c1[N+](=O)[O-]. The maximum atomic E-state index is 11.0. The molecule has 0 aliphatic rings. The van der Waals surface area contributed by atoms with Gasteiger partial charge in [0.2, 0.25) is 5.95 Å². The first-order valence-corrected chi connectivity index (χ1v) is 4.93. The smallest absolute Gasteiger partial charge is 0.316 e. The Kier molecular flexibility index (Phi) is 2.70. The topological polar surface area (TPSA) is 94.9 Å². The van der Waals surface area contributed by atoms with Crippen LogP contribution in [0.3, 0.4) is 0 Å². The number of nitro groups is 1. The number of nitrogen functional groups attached to an aromatic ring is 1. The lowest BCUT2D eigenvalue weighted by Gasteiger charge is -2.05. The Labute approximate surface area is 97.3 Å². The zero-order chi connectivity index (χ0) is 12.4. The summed E-state index contributed by atoms with van der Waals surface area (Å²) in [7, 11) is 0. The zero-order valence-electron chi connectivity index (χ0n) is 9.12. The van der Waals surface area contributed by atoms with Crippen LogP contribution in [0.25, 0.3) is 11.3 Å². The summed E-state index contributed by atoms with van der Waals surface area (Å²) in [5, 5.41) is 11.0. The van der Waals surface area contributed by atoms with Crippen molar-refractivity contribution in [1.82, 2.24) is 9.97 Å². The van der Waals surface area contributed by atoms with Crippen LogP contribution in [0.1, 0.15) is 5.69 Å². The summed E-state index contributed by atoms with van der Waals surface area (Å²) in [6.07, 6.45) is 0. The lowest BCUT2D eigenvalue weighted by atomic mass is 10.1. The predicted molar refractivity (Wildman–Crippen MR) is 63.3 cm³/mol. The van der Waals surface area contributed by atoms with Gasteiger partial charge in [0.15, 0.2) is 5.69 Å². The largest absolute Gasteiger partial charge is 0.368 e. The monoisotopic (exact) mass is 230 g/mol.